The van der Waals surface area contributed by atoms with Crippen molar-refractivity contribution in [1.82, 2.24) is 15.2 Å². The molecule has 2 aliphatic rings. The number of hydrogen-bond acceptors (Lipinski definition) is 4. The Kier molecular flexibility index (Phi) is 6.46. The molecular weight excluding hydrogens is 398 g/mol. The van der Waals surface area contributed by atoms with E-state index in [2.05, 4.69) is 16.4 Å². The monoisotopic (exact) mass is 427 g/mol. The Morgan fingerprint density at radius 2 is 1.90 bits per heavy atom. The summed E-state index contributed by atoms with van der Waals surface area (Å²) in [7, 11) is 0. The van der Waals surface area contributed by atoms with E-state index in [1.165, 1.54) is 4.90 Å². The van der Waals surface area contributed by atoms with E-state index in [4.69, 9.17) is 0 Å². The maximum absolute atomic E-state index is 13.1. The van der Waals surface area contributed by atoms with Crippen molar-refractivity contribution in [2.45, 2.75) is 44.6 Å². The van der Waals surface area contributed by atoms with Gasteiger partial charge in [-0.25, -0.2) is 0 Å². The summed E-state index contributed by atoms with van der Waals surface area (Å²) >= 11 is 1.62. The fraction of sp³-hybridized carbons (Fsp3) is 0.522. The summed E-state index contributed by atoms with van der Waals surface area (Å²) in [5, 5.41) is 4.14. The molecule has 7 heteroatoms. The number of imide groups is 1. The molecule has 2 N–H and O–H groups in total. The number of nitrogens with zero attached hydrogens (tertiary/aromatic N) is 1. The van der Waals surface area contributed by atoms with Gasteiger partial charge in [-0.15, -0.1) is 0 Å². The Hall–Kier alpha value is -2.28. The highest BCUT2D eigenvalue weighted by Crippen LogP contribution is 2.39. The highest BCUT2D eigenvalue weighted by atomic mass is 32.2. The fourth-order valence-electron chi connectivity index (χ4n) is 4.88. The Morgan fingerprint density at radius 3 is 2.60 bits per heavy atom. The van der Waals surface area contributed by atoms with E-state index in [1.54, 1.807) is 11.8 Å². The van der Waals surface area contributed by atoms with E-state index in [1.807, 2.05) is 30.7 Å². The van der Waals surface area contributed by atoms with E-state index in [9.17, 15) is 14.4 Å². The van der Waals surface area contributed by atoms with Crippen LogP contribution in [0.15, 0.2) is 30.5 Å². The molecule has 30 heavy (non-hydrogen) atoms. The lowest BCUT2D eigenvalue weighted by atomic mass is 9.81. The summed E-state index contributed by atoms with van der Waals surface area (Å²) < 4.78 is 0. The van der Waals surface area contributed by atoms with Gasteiger partial charge in [0, 0.05) is 23.6 Å². The number of aromatic nitrogens is 1. The highest BCUT2D eigenvalue weighted by molar-refractivity contribution is 7.98. The maximum Gasteiger partial charge on any atom is 0.243 e. The Balaban J connectivity index is 1.43. The molecule has 3 atom stereocenters. The van der Waals surface area contributed by atoms with Crippen LogP contribution >= 0.6 is 11.8 Å². The van der Waals surface area contributed by atoms with Gasteiger partial charge in [0.05, 0.1) is 11.8 Å². The number of carbonyl (C=O) groups excluding carboxylic acids is 3. The minimum absolute atomic E-state index is 0.136. The number of thioether (sulfide) groups is 1. The summed E-state index contributed by atoms with van der Waals surface area (Å²) in [5.41, 5.74) is 2.22. The normalized spacial score (nSPS) is 22.4. The van der Waals surface area contributed by atoms with Crippen LogP contribution < -0.4 is 5.32 Å². The summed E-state index contributed by atoms with van der Waals surface area (Å²) in [4.78, 5) is 43.6. The van der Waals surface area contributed by atoms with Gasteiger partial charge in [-0.2, -0.15) is 11.8 Å². The molecule has 4 rings (SSSR count). The Morgan fingerprint density at radius 1 is 1.20 bits per heavy atom. The molecule has 0 radical (unpaired) electrons. The predicted molar refractivity (Wildman–Crippen MR) is 119 cm³/mol. The van der Waals surface area contributed by atoms with Crippen molar-refractivity contribution in [2.75, 3.05) is 18.6 Å². The zero-order valence-corrected chi connectivity index (χ0v) is 18.2. The second kappa shape index (κ2) is 9.25. The van der Waals surface area contributed by atoms with Gasteiger partial charge in [0.15, 0.2) is 0 Å². The number of para-hydroxylation sites is 1. The molecular formula is C23H29N3O3S. The predicted octanol–water partition coefficient (Wildman–Crippen LogP) is 3.12. The molecule has 6 nitrogen and oxygen atoms in total. The number of benzene rings is 1. The van der Waals surface area contributed by atoms with E-state index in [-0.39, 0.29) is 29.6 Å². The number of rotatable bonds is 8. The first-order valence-electron chi connectivity index (χ1n) is 10.8. The van der Waals surface area contributed by atoms with Gasteiger partial charge in [0.1, 0.15) is 6.04 Å². The molecule has 1 saturated heterocycles. The van der Waals surface area contributed by atoms with E-state index in [0.717, 1.165) is 47.9 Å². The molecule has 0 unspecified atom stereocenters. The zero-order chi connectivity index (χ0) is 21.1. The molecule has 2 heterocycles. The van der Waals surface area contributed by atoms with Crippen LogP contribution in [0.25, 0.3) is 10.9 Å². The first-order valence-corrected chi connectivity index (χ1v) is 12.2. The number of hydrogen-bond donors (Lipinski definition) is 2. The zero-order valence-electron chi connectivity index (χ0n) is 17.4. The Bertz CT molecular complexity index is 917. The molecule has 1 aromatic carbocycles. The van der Waals surface area contributed by atoms with Crippen LogP contribution in [-0.4, -0.2) is 52.2 Å². The van der Waals surface area contributed by atoms with E-state index in [0.29, 0.717) is 19.4 Å². The first kappa shape index (κ1) is 21.0. The first-order chi connectivity index (χ1) is 14.6. The standard InChI is InChI=1S/C23H29N3O3S/c1-30-13-11-20(26-22(28)17-7-2-3-8-18(17)23(26)29)21(27)24-12-10-15-14-25-19-9-5-4-6-16(15)19/h4-6,9,14,17-18,20,25H,2-3,7-8,10-13H2,1H3,(H,24,27)/t17-,18+,20-/m1/s1. The lowest BCUT2D eigenvalue weighted by Gasteiger charge is -2.25. The molecule has 0 spiro atoms. The van der Waals surface area contributed by atoms with Crippen molar-refractivity contribution in [3.63, 3.8) is 0 Å². The van der Waals surface area contributed by atoms with E-state index < -0.39 is 6.04 Å². The third-order valence-corrected chi connectivity index (χ3v) is 7.10. The molecule has 1 aliphatic heterocycles. The number of H-pyrrole nitrogens is 1. The molecule has 1 aromatic heterocycles. The van der Waals surface area contributed by atoms with Gasteiger partial charge in [-0.1, -0.05) is 31.0 Å². The smallest absolute Gasteiger partial charge is 0.243 e. The fourth-order valence-corrected chi connectivity index (χ4v) is 5.34. The number of aromatic amines is 1. The highest BCUT2D eigenvalue weighted by Gasteiger charge is 2.51. The van der Waals surface area contributed by atoms with Crippen molar-refractivity contribution in [1.29, 1.82) is 0 Å². The van der Waals surface area contributed by atoms with E-state index >= 15 is 0 Å². The van der Waals surface area contributed by atoms with Crippen LogP contribution in [-0.2, 0) is 20.8 Å². The van der Waals surface area contributed by atoms with Gasteiger partial charge in [-0.05, 0) is 49.3 Å². The van der Waals surface area contributed by atoms with Gasteiger partial charge < -0.3 is 10.3 Å². The molecule has 2 fully saturated rings. The number of carbonyl (C=O) groups is 3. The number of nitrogens with one attached hydrogen (secondary N) is 2. The van der Waals surface area contributed by atoms with Gasteiger partial charge in [0.2, 0.25) is 17.7 Å². The number of amides is 3. The van der Waals surface area contributed by atoms with Crippen molar-refractivity contribution < 1.29 is 14.4 Å². The average molecular weight is 428 g/mol. The summed E-state index contributed by atoms with van der Waals surface area (Å²) in [6.45, 7) is 0.472. The van der Waals surface area contributed by atoms with Crippen molar-refractivity contribution in [3.8, 4) is 0 Å². The second-order valence-corrected chi connectivity index (χ2v) is 9.23. The number of fused-ring (bicyclic) bond motifs is 2. The lowest BCUT2D eigenvalue weighted by Crippen LogP contribution is -2.50. The van der Waals surface area contributed by atoms with Crippen LogP contribution in [0.1, 0.15) is 37.7 Å². The summed E-state index contributed by atoms with van der Waals surface area (Å²) in [5.74, 6) is -0.203. The summed E-state index contributed by atoms with van der Waals surface area (Å²) in [6, 6.07) is 7.38. The number of likely N-dealkylation sites (tertiary alicyclic amines) is 1. The van der Waals surface area contributed by atoms with Crippen molar-refractivity contribution >= 4 is 40.4 Å². The van der Waals surface area contributed by atoms with Gasteiger partial charge in [-0.3, -0.25) is 19.3 Å². The molecule has 1 aliphatic carbocycles. The van der Waals surface area contributed by atoms with Crippen LogP contribution in [0, 0.1) is 11.8 Å². The molecule has 0 bridgehead atoms. The lowest BCUT2D eigenvalue weighted by molar-refractivity contribution is -0.148. The third kappa shape index (κ3) is 4.00. The Labute approximate surface area is 181 Å². The van der Waals surface area contributed by atoms with Crippen molar-refractivity contribution in [3.05, 3.63) is 36.0 Å². The molecule has 1 saturated carbocycles. The van der Waals surface area contributed by atoms with Gasteiger partial charge in [0.25, 0.3) is 0 Å². The second-order valence-electron chi connectivity index (χ2n) is 8.24. The quantitative estimate of drug-likeness (QED) is 0.634. The van der Waals surface area contributed by atoms with Crippen LogP contribution in [0.4, 0.5) is 0 Å². The minimum Gasteiger partial charge on any atom is -0.361 e. The molecule has 2 aromatic rings. The molecule has 3 amide bonds. The third-order valence-electron chi connectivity index (χ3n) is 6.45. The summed E-state index contributed by atoms with van der Waals surface area (Å²) in [6.07, 6.45) is 8.64. The topological polar surface area (TPSA) is 82.3 Å². The largest absolute Gasteiger partial charge is 0.361 e. The van der Waals surface area contributed by atoms with Crippen LogP contribution in [0.3, 0.4) is 0 Å². The molecule has 160 valence electrons. The maximum atomic E-state index is 13.1. The minimum atomic E-state index is -0.703. The SMILES string of the molecule is CSCC[C@H](C(=O)NCCc1c[nH]c2ccccc12)N1C(=O)[C@H]2CCCC[C@H]2C1=O. The van der Waals surface area contributed by atoms with Crippen LogP contribution in [0.5, 0.6) is 0 Å². The average Bonchev–Trinajstić information content (AvgIpc) is 3.29. The van der Waals surface area contributed by atoms with Crippen molar-refractivity contribution in [2.24, 2.45) is 11.8 Å². The van der Waals surface area contributed by atoms with Crippen LogP contribution in [0.2, 0.25) is 0 Å². The van der Waals surface area contributed by atoms with Gasteiger partial charge >= 0.3 is 0 Å².